The monoisotopic (exact) mass is 362 g/mol. The molecule has 0 saturated carbocycles. The fraction of sp³-hybridized carbons (Fsp3) is 0.267. The number of aromatic nitrogens is 4. The quantitative estimate of drug-likeness (QED) is 0.746. The molecule has 0 spiro atoms. The van der Waals surface area contributed by atoms with Crippen LogP contribution in [0.3, 0.4) is 0 Å². The van der Waals surface area contributed by atoms with E-state index in [-0.39, 0.29) is 23.8 Å². The highest BCUT2D eigenvalue weighted by Gasteiger charge is 2.37. The predicted molar refractivity (Wildman–Crippen MR) is 89.0 cm³/mol. The van der Waals surface area contributed by atoms with Crippen LogP contribution in [0.5, 0.6) is 0 Å². The molecule has 1 fully saturated rings. The Morgan fingerprint density at radius 1 is 1.28 bits per heavy atom. The predicted octanol–water partition coefficient (Wildman–Crippen LogP) is 1.02. The standard InChI is InChI=1S/C15H15FN6O2S/c1-9-2-3-11(25(23,24)21-6-10(16)7-21)4-12(9)13-5-18-15-14(17)19-8-20-22(13)15/h2-5,8,10H,6-7H2,1H3,(H2,17,19,20). The molecule has 1 aromatic carbocycles. The summed E-state index contributed by atoms with van der Waals surface area (Å²) in [6, 6.07) is 4.78. The highest BCUT2D eigenvalue weighted by molar-refractivity contribution is 7.89. The number of aryl methyl sites for hydroxylation is 1. The van der Waals surface area contributed by atoms with Gasteiger partial charge < -0.3 is 5.73 Å². The van der Waals surface area contributed by atoms with Crippen molar-refractivity contribution in [2.75, 3.05) is 18.8 Å². The Hall–Kier alpha value is -2.59. The Morgan fingerprint density at radius 2 is 2.04 bits per heavy atom. The summed E-state index contributed by atoms with van der Waals surface area (Å²) in [4.78, 5) is 8.20. The van der Waals surface area contributed by atoms with Crippen LogP contribution in [0.2, 0.25) is 0 Å². The SMILES string of the molecule is Cc1ccc(S(=O)(=O)N2CC(F)C2)cc1-c1cnc2c(N)ncnn12. The van der Waals surface area contributed by atoms with Crippen LogP contribution in [-0.2, 0) is 10.0 Å². The van der Waals surface area contributed by atoms with E-state index in [0.717, 1.165) is 9.87 Å². The molecule has 8 nitrogen and oxygen atoms in total. The van der Waals surface area contributed by atoms with Gasteiger partial charge in [0.2, 0.25) is 10.0 Å². The lowest BCUT2D eigenvalue weighted by Gasteiger charge is -2.33. The van der Waals surface area contributed by atoms with Crippen molar-refractivity contribution in [3.05, 3.63) is 36.3 Å². The average molecular weight is 362 g/mol. The zero-order valence-electron chi connectivity index (χ0n) is 13.3. The van der Waals surface area contributed by atoms with Crippen LogP contribution in [-0.4, -0.2) is 51.6 Å². The number of fused-ring (bicyclic) bond motifs is 1. The van der Waals surface area contributed by atoms with Crippen LogP contribution in [0.15, 0.2) is 35.6 Å². The molecule has 0 atom stereocenters. The minimum Gasteiger partial charge on any atom is -0.381 e. The van der Waals surface area contributed by atoms with Crippen LogP contribution in [0.1, 0.15) is 5.56 Å². The Bertz CT molecular complexity index is 1070. The van der Waals surface area contributed by atoms with Gasteiger partial charge in [-0.15, -0.1) is 0 Å². The van der Waals surface area contributed by atoms with Crippen molar-refractivity contribution in [3.8, 4) is 11.3 Å². The average Bonchev–Trinajstić information content (AvgIpc) is 2.97. The van der Waals surface area contributed by atoms with Gasteiger partial charge in [-0.2, -0.15) is 9.40 Å². The van der Waals surface area contributed by atoms with E-state index in [0.29, 0.717) is 16.9 Å². The lowest BCUT2D eigenvalue weighted by molar-refractivity contribution is 0.141. The number of benzene rings is 1. The van der Waals surface area contributed by atoms with Gasteiger partial charge in [0.05, 0.1) is 16.8 Å². The van der Waals surface area contributed by atoms with Crippen LogP contribution in [0, 0.1) is 6.92 Å². The Balaban J connectivity index is 1.84. The number of alkyl halides is 1. The molecule has 2 N–H and O–H groups in total. The Morgan fingerprint density at radius 3 is 2.76 bits per heavy atom. The number of sulfonamides is 1. The summed E-state index contributed by atoms with van der Waals surface area (Å²) in [6.07, 6.45) is 1.78. The summed E-state index contributed by atoms with van der Waals surface area (Å²) in [5.41, 5.74) is 8.30. The van der Waals surface area contributed by atoms with Crippen LogP contribution in [0.4, 0.5) is 10.2 Å². The maximum atomic E-state index is 13.0. The second-order valence-corrected chi connectivity index (χ2v) is 7.86. The molecule has 0 unspecified atom stereocenters. The Kier molecular flexibility index (Phi) is 3.48. The van der Waals surface area contributed by atoms with E-state index in [2.05, 4.69) is 15.1 Å². The van der Waals surface area contributed by atoms with Crippen molar-refractivity contribution in [3.63, 3.8) is 0 Å². The number of imidazole rings is 1. The fourth-order valence-electron chi connectivity index (χ4n) is 2.79. The zero-order chi connectivity index (χ0) is 17.8. The highest BCUT2D eigenvalue weighted by Crippen LogP contribution is 2.30. The molecule has 3 heterocycles. The molecule has 2 aromatic heterocycles. The van der Waals surface area contributed by atoms with Crippen molar-refractivity contribution in [1.82, 2.24) is 23.9 Å². The molecule has 4 rings (SSSR count). The summed E-state index contributed by atoms with van der Waals surface area (Å²) in [6.45, 7) is 1.65. The molecule has 3 aromatic rings. The second-order valence-electron chi connectivity index (χ2n) is 5.92. The van der Waals surface area contributed by atoms with E-state index in [9.17, 15) is 12.8 Å². The normalized spacial score (nSPS) is 16.2. The van der Waals surface area contributed by atoms with Gasteiger partial charge in [0.15, 0.2) is 11.5 Å². The number of hydrogen-bond acceptors (Lipinski definition) is 6. The highest BCUT2D eigenvalue weighted by atomic mass is 32.2. The largest absolute Gasteiger partial charge is 0.381 e. The van der Waals surface area contributed by atoms with Gasteiger partial charge in [0.1, 0.15) is 12.5 Å². The van der Waals surface area contributed by atoms with Crippen LogP contribution >= 0.6 is 0 Å². The van der Waals surface area contributed by atoms with E-state index in [1.54, 1.807) is 18.3 Å². The smallest absolute Gasteiger partial charge is 0.243 e. The first-order valence-electron chi connectivity index (χ1n) is 7.57. The van der Waals surface area contributed by atoms with E-state index < -0.39 is 16.2 Å². The molecule has 0 aliphatic carbocycles. The first kappa shape index (κ1) is 15.9. The number of nitrogens with two attached hydrogens (primary N) is 1. The molecule has 0 bridgehead atoms. The molecule has 10 heteroatoms. The van der Waals surface area contributed by atoms with Crippen LogP contribution < -0.4 is 5.73 Å². The number of rotatable bonds is 3. The molecule has 25 heavy (non-hydrogen) atoms. The summed E-state index contributed by atoms with van der Waals surface area (Å²) in [5.74, 6) is 0.234. The molecular weight excluding hydrogens is 347 g/mol. The summed E-state index contributed by atoms with van der Waals surface area (Å²) in [5, 5.41) is 4.14. The topological polar surface area (TPSA) is 106 Å². The molecule has 1 aliphatic heterocycles. The van der Waals surface area contributed by atoms with E-state index in [1.165, 1.54) is 16.9 Å². The number of hydrogen-bond donors (Lipinski definition) is 1. The van der Waals surface area contributed by atoms with Crippen molar-refractivity contribution < 1.29 is 12.8 Å². The van der Waals surface area contributed by atoms with Crippen molar-refractivity contribution in [2.45, 2.75) is 18.0 Å². The molecule has 130 valence electrons. The number of halogens is 1. The maximum Gasteiger partial charge on any atom is 0.243 e. The van der Waals surface area contributed by atoms with Crippen molar-refractivity contribution in [2.24, 2.45) is 0 Å². The van der Waals surface area contributed by atoms with Gasteiger partial charge in [0, 0.05) is 18.7 Å². The first-order chi connectivity index (χ1) is 11.9. The Labute approximate surface area is 143 Å². The minimum absolute atomic E-state index is 0.106. The van der Waals surface area contributed by atoms with Gasteiger partial charge in [-0.1, -0.05) is 6.07 Å². The van der Waals surface area contributed by atoms with E-state index in [1.807, 2.05) is 6.92 Å². The fourth-order valence-corrected chi connectivity index (χ4v) is 4.31. The second kappa shape index (κ2) is 5.46. The molecule has 1 aliphatic rings. The molecular formula is C15H15FN6O2S. The maximum absolute atomic E-state index is 13.0. The zero-order valence-corrected chi connectivity index (χ0v) is 14.1. The molecule has 1 saturated heterocycles. The summed E-state index contributed by atoms with van der Waals surface area (Å²) < 4.78 is 40.9. The number of anilines is 1. The van der Waals surface area contributed by atoms with Gasteiger partial charge >= 0.3 is 0 Å². The third kappa shape index (κ3) is 2.45. The van der Waals surface area contributed by atoms with Gasteiger partial charge in [-0.3, -0.25) is 0 Å². The molecule has 0 amide bonds. The summed E-state index contributed by atoms with van der Waals surface area (Å²) >= 11 is 0. The number of nitrogens with zero attached hydrogens (tertiary/aromatic N) is 5. The van der Waals surface area contributed by atoms with E-state index >= 15 is 0 Å². The lowest BCUT2D eigenvalue weighted by atomic mass is 10.1. The van der Waals surface area contributed by atoms with Gasteiger partial charge in [-0.05, 0) is 24.6 Å². The number of nitrogen functional groups attached to an aromatic ring is 1. The molecule has 0 radical (unpaired) electrons. The van der Waals surface area contributed by atoms with Gasteiger partial charge in [-0.25, -0.2) is 27.3 Å². The van der Waals surface area contributed by atoms with Crippen molar-refractivity contribution in [1.29, 1.82) is 0 Å². The third-order valence-electron chi connectivity index (χ3n) is 4.26. The first-order valence-corrected chi connectivity index (χ1v) is 9.01. The summed E-state index contributed by atoms with van der Waals surface area (Å²) in [7, 11) is -3.72. The van der Waals surface area contributed by atoms with Crippen LogP contribution in [0.25, 0.3) is 16.9 Å². The van der Waals surface area contributed by atoms with E-state index in [4.69, 9.17) is 5.73 Å². The lowest BCUT2D eigenvalue weighted by Crippen LogP contribution is -2.51. The third-order valence-corrected chi connectivity index (χ3v) is 6.08. The van der Waals surface area contributed by atoms with Crippen molar-refractivity contribution >= 4 is 21.5 Å². The van der Waals surface area contributed by atoms with Gasteiger partial charge in [0.25, 0.3) is 0 Å². The minimum atomic E-state index is -3.72.